The molecule has 2 aromatic carbocycles. The number of amides is 1. The molecule has 9 heteroatoms. The average molecular weight is 482 g/mol. The molecule has 2 aliphatic heterocycles. The fourth-order valence-electron chi connectivity index (χ4n) is 4.44. The van der Waals surface area contributed by atoms with Crippen LogP contribution in [0.25, 0.3) is 10.9 Å². The molecule has 0 unspecified atom stereocenters. The van der Waals surface area contributed by atoms with Crippen molar-refractivity contribution >= 4 is 44.7 Å². The summed E-state index contributed by atoms with van der Waals surface area (Å²) in [5, 5.41) is 4.15. The maximum Gasteiger partial charge on any atom is 0.260 e. The summed E-state index contributed by atoms with van der Waals surface area (Å²) in [5.74, 6) is 2.68. The standard InChI is InChI=1S/C25H28FN5O2S/c1-17-12-19(30-34-10-4-5-11-34)14-21-24(17)25(28-16-27-21)29-20-7-6-18(26)13-22(20)33-15-23(32)31-8-2-3-9-31/h6-7,12-14,16H,2-5,8-11,15H2,1H3,(H,27,28,29). The monoisotopic (exact) mass is 481 g/mol. The van der Waals surface area contributed by atoms with Crippen LogP contribution >= 0.6 is 0 Å². The van der Waals surface area contributed by atoms with Gasteiger partial charge in [0.25, 0.3) is 5.91 Å². The Labute approximate surface area is 200 Å². The minimum Gasteiger partial charge on any atom is -0.481 e. The van der Waals surface area contributed by atoms with Gasteiger partial charge in [-0.05, 0) is 62.4 Å². The number of likely N-dealkylation sites (tertiary alicyclic amines) is 1. The van der Waals surface area contributed by atoms with Crippen LogP contribution in [0.2, 0.25) is 0 Å². The van der Waals surface area contributed by atoms with Crippen molar-refractivity contribution in [2.75, 3.05) is 36.5 Å². The number of halogens is 1. The van der Waals surface area contributed by atoms with E-state index in [1.165, 1.54) is 42.8 Å². The van der Waals surface area contributed by atoms with Crippen LogP contribution in [0.4, 0.5) is 21.6 Å². The molecular formula is C25H28FN5O2S. The van der Waals surface area contributed by atoms with Crippen molar-refractivity contribution in [3.05, 3.63) is 48.0 Å². The first-order chi connectivity index (χ1) is 16.6. The molecule has 0 bridgehead atoms. The molecule has 5 rings (SSSR count). The molecule has 2 saturated heterocycles. The van der Waals surface area contributed by atoms with E-state index in [4.69, 9.17) is 9.10 Å². The van der Waals surface area contributed by atoms with Crippen LogP contribution in [0.3, 0.4) is 0 Å². The molecular weight excluding hydrogens is 453 g/mol. The Balaban J connectivity index is 1.41. The van der Waals surface area contributed by atoms with Gasteiger partial charge in [-0.2, -0.15) is 0 Å². The van der Waals surface area contributed by atoms with Gasteiger partial charge < -0.3 is 15.0 Å². The number of carbonyl (C=O) groups is 1. The van der Waals surface area contributed by atoms with Crippen LogP contribution in [0.15, 0.2) is 41.0 Å². The van der Waals surface area contributed by atoms with Crippen LogP contribution in [-0.4, -0.2) is 52.0 Å². The summed E-state index contributed by atoms with van der Waals surface area (Å²) in [6, 6.07) is 8.30. The highest BCUT2D eigenvalue weighted by molar-refractivity contribution is 7.87. The van der Waals surface area contributed by atoms with Gasteiger partial charge >= 0.3 is 0 Å². The fourth-order valence-corrected chi connectivity index (χ4v) is 6.31. The van der Waals surface area contributed by atoms with Crippen LogP contribution < -0.4 is 10.1 Å². The number of hydrogen-bond acceptors (Lipinski definition) is 6. The smallest absolute Gasteiger partial charge is 0.260 e. The molecule has 34 heavy (non-hydrogen) atoms. The van der Waals surface area contributed by atoms with Crippen LogP contribution in [0.5, 0.6) is 5.75 Å². The first kappa shape index (κ1) is 22.7. The molecule has 2 aliphatic rings. The third-order valence-electron chi connectivity index (χ3n) is 6.17. The van der Waals surface area contributed by atoms with Gasteiger partial charge in [0.05, 0.1) is 16.9 Å². The summed E-state index contributed by atoms with van der Waals surface area (Å²) < 4.78 is 24.7. The van der Waals surface area contributed by atoms with Crippen molar-refractivity contribution in [1.29, 1.82) is 0 Å². The SMILES string of the molecule is Cc1cc(N=S2CCCC2)cc2ncnc(Nc3ccc(F)cc3OCC(=O)N3CCCC3)c12. The predicted octanol–water partition coefficient (Wildman–Crippen LogP) is 5.05. The normalized spacial score (nSPS) is 16.2. The van der Waals surface area contributed by atoms with Gasteiger partial charge in [-0.25, -0.2) is 18.7 Å². The fraction of sp³-hybridized carbons (Fsp3) is 0.400. The number of carbonyl (C=O) groups excluding carboxylic acids is 1. The molecule has 0 atom stereocenters. The summed E-state index contributed by atoms with van der Waals surface area (Å²) in [4.78, 5) is 23.1. The maximum absolute atomic E-state index is 14.0. The van der Waals surface area contributed by atoms with Crippen molar-refractivity contribution in [3.8, 4) is 5.75 Å². The second-order valence-corrected chi connectivity index (χ2v) is 10.6. The number of hydrogen-bond donors (Lipinski definition) is 1. The summed E-state index contributed by atoms with van der Waals surface area (Å²) in [5.41, 5.74) is 3.30. The van der Waals surface area contributed by atoms with Gasteiger partial charge in [0.15, 0.2) is 6.61 Å². The molecule has 3 aromatic rings. The van der Waals surface area contributed by atoms with Crippen molar-refractivity contribution < 1.29 is 13.9 Å². The molecule has 0 radical (unpaired) electrons. The maximum atomic E-state index is 14.0. The van der Waals surface area contributed by atoms with E-state index in [2.05, 4.69) is 21.4 Å². The number of nitrogens with zero attached hydrogens (tertiary/aromatic N) is 4. The summed E-state index contributed by atoms with van der Waals surface area (Å²) in [7, 11) is 0.104. The van der Waals surface area contributed by atoms with E-state index in [1.54, 1.807) is 11.0 Å². The van der Waals surface area contributed by atoms with Gasteiger partial charge in [-0.15, -0.1) is 0 Å². The van der Waals surface area contributed by atoms with Gasteiger partial charge in [-0.1, -0.05) is 10.7 Å². The Morgan fingerprint density at radius 1 is 1.15 bits per heavy atom. The summed E-state index contributed by atoms with van der Waals surface area (Å²) in [6.45, 7) is 3.38. The van der Waals surface area contributed by atoms with Crippen LogP contribution in [0, 0.1) is 12.7 Å². The van der Waals surface area contributed by atoms with E-state index in [0.29, 0.717) is 11.5 Å². The number of fused-ring (bicyclic) bond motifs is 1. The number of benzene rings is 2. The van der Waals surface area contributed by atoms with Gasteiger partial charge in [0.1, 0.15) is 23.7 Å². The highest BCUT2D eigenvalue weighted by Gasteiger charge is 2.19. The van der Waals surface area contributed by atoms with Crippen LogP contribution in [-0.2, 0) is 15.5 Å². The van der Waals surface area contributed by atoms with Crippen molar-refractivity contribution in [2.24, 2.45) is 4.36 Å². The molecule has 0 spiro atoms. The van der Waals surface area contributed by atoms with E-state index in [0.717, 1.165) is 48.1 Å². The molecule has 1 N–H and O–H groups in total. The number of rotatable bonds is 6. The molecule has 178 valence electrons. The second kappa shape index (κ2) is 10.0. The lowest BCUT2D eigenvalue weighted by Gasteiger charge is -2.18. The minimum absolute atomic E-state index is 0.0877. The quantitative estimate of drug-likeness (QED) is 0.533. The largest absolute Gasteiger partial charge is 0.481 e. The molecule has 1 aromatic heterocycles. The third kappa shape index (κ3) is 5.04. The molecule has 3 heterocycles. The summed E-state index contributed by atoms with van der Waals surface area (Å²) >= 11 is 0. The third-order valence-corrected chi connectivity index (χ3v) is 8.16. The topological polar surface area (TPSA) is 79.7 Å². The Kier molecular flexibility index (Phi) is 6.71. The lowest BCUT2D eigenvalue weighted by molar-refractivity contribution is -0.132. The molecule has 7 nitrogen and oxygen atoms in total. The van der Waals surface area contributed by atoms with Crippen molar-refractivity contribution in [2.45, 2.75) is 32.6 Å². The molecule has 2 fully saturated rings. The van der Waals surface area contributed by atoms with Crippen LogP contribution in [0.1, 0.15) is 31.2 Å². The first-order valence-corrected chi connectivity index (χ1v) is 13.2. The number of aromatic nitrogens is 2. The Morgan fingerprint density at radius 3 is 2.74 bits per heavy atom. The number of nitrogens with one attached hydrogen (secondary N) is 1. The first-order valence-electron chi connectivity index (χ1n) is 11.7. The highest BCUT2D eigenvalue weighted by atomic mass is 32.2. The lowest BCUT2D eigenvalue weighted by Crippen LogP contribution is -2.32. The molecule has 1 amide bonds. The number of anilines is 2. The van der Waals surface area contributed by atoms with Gasteiger partial charge in [0, 0.05) is 36.0 Å². The molecule has 0 aliphatic carbocycles. The van der Waals surface area contributed by atoms with Gasteiger partial charge in [-0.3, -0.25) is 4.79 Å². The molecule has 0 saturated carbocycles. The Bertz CT molecular complexity index is 1250. The van der Waals surface area contributed by atoms with Crippen molar-refractivity contribution in [3.63, 3.8) is 0 Å². The van der Waals surface area contributed by atoms with Crippen molar-refractivity contribution in [1.82, 2.24) is 14.9 Å². The van der Waals surface area contributed by atoms with E-state index < -0.39 is 5.82 Å². The predicted molar refractivity (Wildman–Crippen MR) is 134 cm³/mol. The number of ether oxygens (including phenoxy) is 1. The zero-order valence-electron chi connectivity index (χ0n) is 19.2. The zero-order valence-corrected chi connectivity index (χ0v) is 20.0. The second-order valence-electron chi connectivity index (χ2n) is 8.69. The van der Waals surface area contributed by atoms with E-state index in [9.17, 15) is 9.18 Å². The summed E-state index contributed by atoms with van der Waals surface area (Å²) in [6.07, 6.45) is 6.03. The lowest BCUT2D eigenvalue weighted by atomic mass is 10.1. The Hall–Kier alpha value is -3.07. The number of aryl methyl sites for hydroxylation is 1. The van der Waals surface area contributed by atoms with E-state index >= 15 is 0 Å². The van der Waals surface area contributed by atoms with Gasteiger partial charge in [0.2, 0.25) is 0 Å². The highest BCUT2D eigenvalue weighted by Crippen LogP contribution is 2.34. The van der Waals surface area contributed by atoms with E-state index in [1.807, 2.05) is 13.0 Å². The minimum atomic E-state index is -0.433. The average Bonchev–Trinajstić information content (AvgIpc) is 3.53. The van der Waals surface area contributed by atoms with E-state index in [-0.39, 0.29) is 29.0 Å². The zero-order chi connectivity index (χ0) is 23.5. The Morgan fingerprint density at radius 2 is 1.94 bits per heavy atom.